The zero-order valence-corrected chi connectivity index (χ0v) is 11.5. The van der Waals surface area contributed by atoms with Gasteiger partial charge in [0, 0.05) is 6.08 Å². The summed E-state index contributed by atoms with van der Waals surface area (Å²) >= 11 is 0. The molecule has 0 saturated carbocycles. The van der Waals surface area contributed by atoms with Gasteiger partial charge < -0.3 is 15.2 Å². The number of allylic oxidation sites excluding steroid dienone is 1. The maximum Gasteiger partial charge on any atom is 0.330 e. The Kier molecular flexibility index (Phi) is 6.50. The Morgan fingerprint density at radius 2 is 2.21 bits per heavy atom. The first kappa shape index (κ1) is 15.1. The Morgan fingerprint density at radius 3 is 2.95 bits per heavy atom. The van der Waals surface area contributed by atoms with Crippen LogP contribution in [0.2, 0.25) is 0 Å². The average molecular weight is 263 g/mol. The number of benzene rings is 1. The van der Waals surface area contributed by atoms with Crippen molar-refractivity contribution in [2.24, 2.45) is 0 Å². The van der Waals surface area contributed by atoms with E-state index in [2.05, 4.69) is 0 Å². The average Bonchev–Trinajstić information content (AvgIpc) is 2.38. The highest BCUT2D eigenvalue weighted by molar-refractivity contribution is 5.81. The summed E-state index contributed by atoms with van der Waals surface area (Å²) in [6, 6.07) is 5.71. The second kappa shape index (κ2) is 8.19. The predicted molar refractivity (Wildman–Crippen MR) is 76.1 cm³/mol. The van der Waals surface area contributed by atoms with E-state index in [1.807, 2.05) is 25.1 Å². The van der Waals surface area contributed by atoms with Gasteiger partial charge in [-0.05, 0) is 44.4 Å². The third kappa shape index (κ3) is 5.95. The number of hydrogen-bond acceptors (Lipinski definition) is 4. The van der Waals surface area contributed by atoms with Gasteiger partial charge in [-0.2, -0.15) is 0 Å². The van der Waals surface area contributed by atoms with E-state index in [4.69, 9.17) is 15.2 Å². The highest BCUT2D eigenvalue weighted by Gasteiger charge is 1.99. The van der Waals surface area contributed by atoms with Crippen molar-refractivity contribution in [3.8, 4) is 5.75 Å². The molecule has 4 heteroatoms. The maximum atomic E-state index is 11.0. The lowest BCUT2D eigenvalue weighted by atomic mass is 10.2. The molecule has 0 aliphatic heterocycles. The Labute approximate surface area is 114 Å². The number of esters is 1. The number of hydrogen-bond donors (Lipinski definition) is 1. The minimum atomic E-state index is -0.300. The fourth-order valence-corrected chi connectivity index (χ4v) is 1.52. The van der Waals surface area contributed by atoms with Gasteiger partial charge in [-0.15, -0.1) is 0 Å². The fraction of sp³-hybridized carbons (Fsp3) is 0.400. The van der Waals surface area contributed by atoms with Gasteiger partial charge in [0.1, 0.15) is 5.75 Å². The Balaban J connectivity index is 2.24. The molecule has 0 spiro atoms. The van der Waals surface area contributed by atoms with E-state index in [-0.39, 0.29) is 5.97 Å². The fourth-order valence-electron chi connectivity index (χ4n) is 1.52. The van der Waals surface area contributed by atoms with Crippen LogP contribution in [0, 0.1) is 6.92 Å². The number of nitrogen functional groups attached to an aromatic ring is 1. The molecule has 0 fully saturated rings. The van der Waals surface area contributed by atoms with E-state index < -0.39 is 0 Å². The van der Waals surface area contributed by atoms with Gasteiger partial charge in [-0.1, -0.05) is 12.1 Å². The highest BCUT2D eigenvalue weighted by atomic mass is 16.5. The highest BCUT2D eigenvalue weighted by Crippen LogP contribution is 2.22. The third-order valence-corrected chi connectivity index (χ3v) is 2.48. The summed E-state index contributed by atoms with van der Waals surface area (Å²) in [6.45, 7) is 4.75. The molecule has 0 unspecified atom stereocenters. The summed E-state index contributed by atoms with van der Waals surface area (Å²) in [5, 5.41) is 0. The largest absolute Gasteiger partial charge is 0.491 e. The monoisotopic (exact) mass is 263 g/mol. The van der Waals surface area contributed by atoms with Crippen LogP contribution in [0.15, 0.2) is 30.4 Å². The van der Waals surface area contributed by atoms with Crippen molar-refractivity contribution in [2.45, 2.75) is 26.7 Å². The lowest BCUT2D eigenvalue weighted by molar-refractivity contribution is -0.137. The van der Waals surface area contributed by atoms with Crippen LogP contribution in [0.4, 0.5) is 5.69 Å². The van der Waals surface area contributed by atoms with Crippen LogP contribution < -0.4 is 10.5 Å². The summed E-state index contributed by atoms with van der Waals surface area (Å²) in [6.07, 6.45) is 4.83. The van der Waals surface area contributed by atoms with Gasteiger partial charge in [0.05, 0.1) is 18.9 Å². The lowest BCUT2D eigenvalue weighted by Gasteiger charge is -2.08. The number of rotatable bonds is 7. The van der Waals surface area contributed by atoms with Crippen molar-refractivity contribution in [3.63, 3.8) is 0 Å². The van der Waals surface area contributed by atoms with Crippen molar-refractivity contribution in [3.05, 3.63) is 35.9 Å². The molecular formula is C15H21NO3. The smallest absolute Gasteiger partial charge is 0.330 e. The molecule has 0 aromatic heterocycles. The predicted octanol–water partition coefficient (Wildman–Crippen LogP) is 2.86. The number of carbonyl (C=O) groups excluding carboxylic acids is 1. The molecule has 104 valence electrons. The van der Waals surface area contributed by atoms with Crippen LogP contribution in [-0.4, -0.2) is 19.2 Å². The van der Waals surface area contributed by atoms with Crippen LogP contribution in [-0.2, 0) is 9.53 Å². The minimum absolute atomic E-state index is 0.300. The quantitative estimate of drug-likeness (QED) is 0.355. The second-order valence-electron chi connectivity index (χ2n) is 4.19. The molecule has 0 atom stereocenters. The first-order chi connectivity index (χ1) is 9.13. The van der Waals surface area contributed by atoms with Crippen LogP contribution in [0.5, 0.6) is 5.75 Å². The van der Waals surface area contributed by atoms with Gasteiger partial charge in [-0.25, -0.2) is 4.79 Å². The first-order valence-corrected chi connectivity index (χ1v) is 6.45. The third-order valence-electron chi connectivity index (χ3n) is 2.48. The van der Waals surface area contributed by atoms with Crippen molar-refractivity contribution in [2.75, 3.05) is 18.9 Å². The van der Waals surface area contributed by atoms with Gasteiger partial charge >= 0.3 is 5.97 Å². The van der Waals surface area contributed by atoms with Crippen molar-refractivity contribution in [1.29, 1.82) is 0 Å². The number of ether oxygens (including phenoxy) is 2. The summed E-state index contributed by atoms with van der Waals surface area (Å²) in [7, 11) is 0. The topological polar surface area (TPSA) is 61.5 Å². The summed E-state index contributed by atoms with van der Waals surface area (Å²) in [4.78, 5) is 11.0. The van der Waals surface area contributed by atoms with E-state index in [1.54, 1.807) is 13.0 Å². The van der Waals surface area contributed by atoms with Crippen LogP contribution in [0.3, 0.4) is 0 Å². The molecule has 1 aromatic carbocycles. The molecule has 0 aliphatic rings. The number of carbonyl (C=O) groups is 1. The number of aryl methyl sites for hydroxylation is 1. The van der Waals surface area contributed by atoms with Gasteiger partial charge in [0.15, 0.2) is 0 Å². The number of unbranched alkanes of at least 4 members (excludes halogenated alkanes) is 1. The molecule has 0 amide bonds. The molecule has 19 heavy (non-hydrogen) atoms. The summed E-state index contributed by atoms with van der Waals surface area (Å²) in [5.41, 5.74) is 7.57. The Bertz CT molecular complexity index is 441. The van der Waals surface area contributed by atoms with E-state index in [1.165, 1.54) is 6.08 Å². The Morgan fingerprint density at radius 1 is 1.42 bits per heavy atom. The molecule has 1 rings (SSSR count). The van der Waals surface area contributed by atoms with E-state index in [9.17, 15) is 4.79 Å². The van der Waals surface area contributed by atoms with Crippen LogP contribution >= 0.6 is 0 Å². The van der Waals surface area contributed by atoms with E-state index in [0.29, 0.717) is 18.9 Å². The molecule has 0 aliphatic carbocycles. The molecule has 4 nitrogen and oxygen atoms in total. The number of anilines is 1. The van der Waals surface area contributed by atoms with E-state index >= 15 is 0 Å². The van der Waals surface area contributed by atoms with Crippen LogP contribution in [0.1, 0.15) is 25.3 Å². The number of nitrogens with two attached hydrogens (primary N) is 1. The molecule has 0 radical (unpaired) electrons. The molecule has 2 N–H and O–H groups in total. The minimum Gasteiger partial charge on any atom is -0.491 e. The van der Waals surface area contributed by atoms with Crippen molar-refractivity contribution >= 4 is 11.7 Å². The standard InChI is InChI=1S/C15H21NO3/c1-3-18-15(17)7-5-4-6-10-19-14-11-12(2)8-9-13(14)16/h5,7-9,11H,3-4,6,10,16H2,1-2H3/b7-5+. The SMILES string of the molecule is CCOC(=O)/C=C/CCCOc1cc(C)ccc1N. The molecular weight excluding hydrogens is 242 g/mol. The van der Waals surface area contributed by atoms with Crippen LogP contribution in [0.25, 0.3) is 0 Å². The molecule has 0 bridgehead atoms. The molecule has 1 aromatic rings. The van der Waals surface area contributed by atoms with Crippen molar-refractivity contribution in [1.82, 2.24) is 0 Å². The maximum absolute atomic E-state index is 11.0. The van der Waals surface area contributed by atoms with Crippen molar-refractivity contribution < 1.29 is 14.3 Å². The van der Waals surface area contributed by atoms with Gasteiger partial charge in [0.2, 0.25) is 0 Å². The zero-order valence-electron chi connectivity index (χ0n) is 11.5. The second-order valence-corrected chi connectivity index (χ2v) is 4.19. The Hall–Kier alpha value is -1.97. The molecule has 0 saturated heterocycles. The summed E-state index contributed by atoms with van der Waals surface area (Å²) < 4.78 is 10.4. The zero-order chi connectivity index (χ0) is 14.1. The van der Waals surface area contributed by atoms with Gasteiger partial charge in [0.25, 0.3) is 0 Å². The van der Waals surface area contributed by atoms with E-state index in [0.717, 1.165) is 24.2 Å². The first-order valence-electron chi connectivity index (χ1n) is 6.45. The lowest BCUT2D eigenvalue weighted by Crippen LogP contribution is -2.01. The van der Waals surface area contributed by atoms with Gasteiger partial charge in [-0.3, -0.25) is 0 Å². The summed E-state index contributed by atoms with van der Waals surface area (Å²) in [5.74, 6) is 0.417. The molecule has 0 heterocycles. The normalized spacial score (nSPS) is 10.6.